The molecular formula is C24H28N2O5. The van der Waals surface area contributed by atoms with Crippen molar-refractivity contribution in [2.24, 2.45) is 0 Å². The van der Waals surface area contributed by atoms with E-state index in [2.05, 4.69) is 0 Å². The number of hydrogen-bond acceptors (Lipinski definition) is 6. The summed E-state index contributed by atoms with van der Waals surface area (Å²) in [6.45, 7) is 3.48. The number of amides is 1. The highest BCUT2D eigenvalue weighted by Gasteiger charge is 2.45. The van der Waals surface area contributed by atoms with Crippen LogP contribution in [0.4, 0.5) is 0 Å². The summed E-state index contributed by atoms with van der Waals surface area (Å²) in [5.41, 5.74) is 1.11. The molecule has 164 valence electrons. The fourth-order valence-electron chi connectivity index (χ4n) is 3.51. The molecule has 0 bridgehead atoms. The summed E-state index contributed by atoms with van der Waals surface area (Å²) in [7, 11) is 3.77. The lowest BCUT2D eigenvalue weighted by molar-refractivity contribution is -0.140. The zero-order valence-corrected chi connectivity index (χ0v) is 18.0. The van der Waals surface area contributed by atoms with Crippen molar-refractivity contribution in [3.63, 3.8) is 0 Å². The van der Waals surface area contributed by atoms with Crippen molar-refractivity contribution in [2.45, 2.75) is 19.4 Å². The number of ether oxygens (including phenoxy) is 1. The number of ketones is 1. The first-order valence-corrected chi connectivity index (χ1v) is 10.3. The second-order valence-electron chi connectivity index (χ2n) is 7.76. The molecule has 2 aromatic carbocycles. The Kier molecular flexibility index (Phi) is 6.97. The number of carbonyl (C=O) groups excluding carboxylic acids is 2. The summed E-state index contributed by atoms with van der Waals surface area (Å²) < 4.78 is 5.57. The van der Waals surface area contributed by atoms with Crippen molar-refractivity contribution in [1.82, 2.24) is 9.80 Å². The van der Waals surface area contributed by atoms with Gasteiger partial charge >= 0.3 is 0 Å². The van der Waals surface area contributed by atoms with Gasteiger partial charge in [0.1, 0.15) is 17.3 Å². The first-order valence-electron chi connectivity index (χ1n) is 10.3. The van der Waals surface area contributed by atoms with E-state index in [0.29, 0.717) is 36.6 Å². The lowest BCUT2D eigenvalue weighted by atomic mass is 9.95. The van der Waals surface area contributed by atoms with Gasteiger partial charge in [0.25, 0.3) is 11.7 Å². The number of phenolic OH excluding ortho intramolecular Hbond substituents is 1. The summed E-state index contributed by atoms with van der Waals surface area (Å²) in [4.78, 5) is 29.2. The van der Waals surface area contributed by atoms with Crippen LogP contribution >= 0.6 is 0 Å². The van der Waals surface area contributed by atoms with E-state index in [1.807, 2.05) is 25.9 Å². The number of aliphatic hydroxyl groups excluding tert-OH is 1. The van der Waals surface area contributed by atoms with Crippen LogP contribution in [0.25, 0.3) is 5.76 Å². The van der Waals surface area contributed by atoms with Crippen LogP contribution < -0.4 is 4.74 Å². The second kappa shape index (κ2) is 9.66. The van der Waals surface area contributed by atoms with Gasteiger partial charge in [0.05, 0.1) is 18.2 Å². The second-order valence-corrected chi connectivity index (χ2v) is 7.76. The van der Waals surface area contributed by atoms with Crippen molar-refractivity contribution in [2.75, 3.05) is 33.8 Å². The predicted octanol–water partition coefficient (Wildman–Crippen LogP) is 3.16. The van der Waals surface area contributed by atoms with Crippen LogP contribution in [0.2, 0.25) is 0 Å². The van der Waals surface area contributed by atoms with E-state index < -0.39 is 17.7 Å². The summed E-state index contributed by atoms with van der Waals surface area (Å²) in [5, 5.41) is 20.7. The Morgan fingerprint density at radius 3 is 2.29 bits per heavy atom. The standard InChI is InChI=1S/C24H28N2O5/c1-4-15-31-19-11-7-17(8-12-19)22(28)20-21(16-5-9-18(27)10-6-16)26(14-13-25(2)3)24(30)23(20)29/h5-12,21,27-28H,4,13-15H2,1-3H3/t21-/m0/s1. The average Bonchev–Trinajstić information content (AvgIpc) is 3.01. The maximum Gasteiger partial charge on any atom is 0.295 e. The van der Waals surface area contributed by atoms with Crippen LogP contribution in [-0.2, 0) is 9.59 Å². The van der Waals surface area contributed by atoms with Gasteiger partial charge in [-0.05, 0) is 62.5 Å². The molecule has 0 aliphatic carbocycles. The van der Waals surface area contributed by atoms with E-state index in [4.69, 9.17) is 4.74 Å². The molecule has 7 nitrogen and oxygen atoms in total. The SMILES string of the molecule is CCCOc1ccc(C(O)=C2C(=O)C(=O)N(CCN(C)C)[C@H]2c2ccc(O)cc2)cc1. The summed E-state index contributed by atoms with van der Waals surface area (Å²) in [6.07, 6.45) is 0.880. The Morgan fingerprint density at radius 2 is 1.71 bits per heavy atom. The van der Waals surface area contributed by atoms with Crippen LogP contribution in [0.5, 0.6) is 11.5 Å². The number of likely N-dealkylation sites (tertiary alicyclic amines) is 1. The van der Waals surface area contributed by atoms with Crippen molar-refractivity contribution < 1.29 is 24.5 Å². The maximum atomic E-state index is 12.9. The molecule has 2 N–H and O–H groups in total. The molecule has 2 aromatic rings. The number of Topliss-reactive ketones (excluding diaryl/α,β-unsaturated/α-hetero) is 1. The molecule has 0 spiro atoms. The smallest absolute Gasteiger partial charge is 0.295 e. The van der Waals surface area contributed by atoms with Crippen molar-refractivity contribution in [1.29, 1.82) is 0 Å². The van der Waals surface area contributed by atoms with Gasteiger partial charge in [0.2, 0.25) is 0 Å². The molecule has 0 saturated carbocycles. The highest BCUT2D eigenvalue weighted by atomic mass is 16.5. The number of nitrogens with zero attached hydrogens (tertiary/aromatic N) is 2. The monoisotopic (exact) mass is 424 g/mol. The third kappa shape index (κ3) is 4.88. The van der Waals surface area contributed by atoms with Gasteiger partial charge in [0, 0.05) is 18.7 Å². The van der Waals surface area contributed by atoms with Crippen LogP contribution in [0.3, 0.4) is 0 Å². The van der Waals surface area contributed by atoms with E-state index in [-0.39, 0.29) is 17.1 Å². The maximum absolute atomic E-state index is 12.9. The van der Waals surface area contributed by atoms with E-state index >= 15 is 0 Å². The van der Waals surface area contributed by atoms with Crippen LogP contribution in [0.1, 0.15) is 30.5 Å². The number of hydrogen-bond donors (Lipinski definition) is 2. The molecule has 1 aliphatic heterocycles. The highest BCUT2D eigenvalue weighted by molar-refractivity contribution is 6.46. The van der Waals surface area contributed by atoms with Gasteiger partial charge < -0.3 is 24.7 Å². The Balaban J connectivity index is 2.04. The Labute approximate surface area is 182 Å². The van der Waals surface area contributed by atoms with Crippen LogP contribution in [0.15, 0.2) is 54.1 Å². The molecule has 1 heterocycles. The number of phenols is 1. The third-order valence-corrected chi connectivity index (χ3v) is 5.14. The lowest BCUT2D eigenvalue weighted by Gasteiger charge is -2.26. The first-order chi connectivity index (χ1) is 14.8. The molecule has 31 heavy (non-hydrogen) atoms. The zero-order chi connectivity index (χ0) is 22.5. The Morgan fingerprint density at radius 1 is 1.06 bits per heavy atom. The quantitative estimate of drug-likeness (QED) is 0.384. The molecule has 7 heteroatoms. The largest absolute Gasteiger partial charge is 0.508 e. The van der Waals surface area contributed by atoms with Gasteiger partial charge in [-0.15, -0.1) is 0 Å². The van der Waals surface area contributed by atoms with E-state index in [9.17, 15) is 19.8 Å². The molecule has 0 radical (unpaired) electrons. The topological polar surface area (TPSA) is 90.3 Å². The van der Waals surface area contributed by atoms with Gasteiger partial charge in [-0.25, -0.2) is 0 Å². The molecule has 1 amide bonds. The molecule has 0 aromatic heterocycles. The number of benzene rings is 2. The van der Waals surface area contributed by atoms with E-state index in [0.717, 1.165) is 6.42 Å². The van der Waals surface area contributed by atoms with Crippen LogP contribution in [-0.4, -0.2) is 65.5 Å². The number of aliphatic hydroxyl groups is 1. The normalized spacial score (nSPS) is 18.1. The van der Waals surface area contributed by atoms with E-state index in [1.165, 1.54) is 17.0 Å². The number of aromatic hydroxyl groups is 1. The molecule has 1 saturated heterocycles. The number of rotatable bonds is 8. The highest BCUT2D eigenvalue weighted by Crippen LogP contribution is 2.39. The average molecular weight is 424 g/mol. The Bertz CT molecular complexity index is 964. The fourth-order valence-corrected chi connectivity index (χ4v) is 3.51. The number of likely N-dealkylation sites (N-methyl/N-ethyl adjacent to an activating group) is 1. The van der Waals surface area contributed by atoms with Gasteiger partial charge in [-0.1, -0.05) is 19.1 Å². The van der Waals surface area contributed by atoms with Gasteiger partial charge in [0.15, 0.2) is 0 Å². The van der Waals surface area contributed by atoms with Crippen molar-refractivity contribution in [3.8, 4) is 11.5 Å². The fraction of sp³-hybridized carbons (Fsp3) is 0.333. The minimum atomic E-state index is -0.739. The lowest BCUT2D eigenvalue weighted by Crippen LogP contribution is -2.35. The zero-order valence-electron chi connectivity index (χ0n) is 18.0. The molecule has 1 fully saturated rings. The minimum absolute atomic E-state index is 0.0386. The Hall–Kier alpha value is -3.32. The molecule has 1 atom stereocenters. The van der Waals surface area contributed by atoms with Gasteiger partial charge in [-0.2, -0.15) is 0 Å². The number of carbonyl (C=O) groups is 2. The van der Waals surface area contributed by atoms with Gasteiger partial charge in [-0.3, -0.25) is 9.59 Å². The summed E-state index contributed by atoms with van der Waals surface area (Å²) in [6, 6.07) is 12.4. The summed E-state index contributed by atoms with van der Waals surface area (Å²) >= 11 is 0. The molecule has 0 unspecified atom stereocenters. The minimum Gasteiger partial charge on any atom is -0.508 e. The third-order valence-electron chi connectivity index (χ3n) is 5.14. The van der Waals surface area contributed by atoms with Crippen LogP contribution in [0, 0.1) is 0 Å². The van der Waals surface area contributed by atoms with Crippen molar-refractivity contribution in [3.05, 3.63) is 65.2 Å². The van der Waals surface area contributed by atoms with Crippen molar-refractivity contribution >= 4 is 17.4 Å². The molecule has 1 aliphatic rings. The summed E-state index contributed by atoms with van der Waals surface area (Å²) in [5.74, 6) is -0.854. The predicted molar refractivity (Wildman–Crippen MR) is 118 cm³/mol. The molecular weight excluding hydrogens is 396 g/mol. The van der Waals surface area contributed by atoms with E-state index in [1.54, 1.807) is 36.4 Å². The first kappa shape index (κ1) is 22.4. The molecule has 3 rings (SSSR count).